The Morgan fingerprint density at radius 1 is 1.33 bits per heavy atom. The van der Waals surface area contributed by atoms with Crippen molar-refractivity contribution in [2.45, 2.75) is 37.1 Å². The molecule has 0 aromatic heterocycles. The minimum Gasteiger partial charge on any atom is -0.207 e. The Kier molecular flexibility index (Phi) is 3.69. The van der Waals surface area contributed by atoms with Crippen LogP contribution in [0.4, 0.5) is 0 Å². The van der Waals surface area contributed by atoms with Crippen LogP contribution in [0.15, 0.2) is 29.2 Å². The molecule has 0 radical (unpaired) electrons. The average Bonchev–Trinajstić information content (AvgIpc) is 2.39. The maximum Gasteiger partial charge on any atom is 0.244 e. The number of hydrogen-bond acceptors (Lipinski definition) is 3. The number of hydrogen-bond donors (Lipinski definition) is 0. The lowest BCUT2D eigenvalue weighted by Crippen LogP contribution is -2.42. The van der Waals surface area contributed by atoms with Gasteiger partial charge in [0.05, 0.1) is 10.5 Å². The molecule has 1 aliphatic heterocycles. The summed E-state index contributed by atoms with van der Waals surface area (Å²) in [6.07, 6.45) is 2.83. The van der Waals surface area contributed by atoms with Crippen molar-refractivity contribution in [3.63, 3.8) is 0 Å². The Morgan fingerprint density at radius 2 is 2.06 bits per heavy atom. The highest BCUT2D eigenvalue weighted by atomic mass is 32.2. The van der Waals surface area contributed by atoms with E-state index >= 15 is 0 Å². The van der Waals surface area contributed by atoms with Crippen molar-refractivity contribution in [1.29, 1.82) is 5.26 Å². The van der Waals surface area contributed by atoms with E-state index in [2.05, 4.69) is 0 Å². The fourth-order valence-electron chi connectivity index (χ4n) is 2.34. The van der Waals surface area contributed by atoms with Gasteiger partial charge in [-0.2, -0.15) is 9.57 Å². The first kappa shape index (κ1) is 13.1. The first-order valence-electron chi connectivity index (χ1n) is 6.08. The molecule has 96 valence electrons. The molecule has 1 fully saturated rings. The van der Waals surface area contributed by atoms with Crippen LogP contribution < -0.4 is 0 Å². The van der Waals surface area contributed by atoms with Gasteiger partial charge in [-0.15, -0.1) is 0 Å². The summed E-state index contributed by atoms with van der Waals surface area (Å²) in [6, 6.07) is 8.34. The second kappa shape index (κ2) is 5.09. The SMILES string of the molecule is C[C@H]1CCCCN1S(=O)(=O)c1ccccc1C#N. The van der Waals surface area contributed by atoms with Crippen LogP contribution in [0.2, 0.25) is 0 Å². The van der Waals surface area contributed by atoms with Gasteiger partial charge in [0.25, 0.3) is 0 Å². The third kappa shape index (κ3) is 2.26. The number of sulfonamides is 1. The van der Waals surface area contributed by atoms with Crippen LogP contribution in [0, 0.1) is 11.3 Å². The van der Waals surface area contributed by atoms with E-state index < -0.39 is 10.0 Å². The number of nitrogens with zero attached hydrogens (tertiary/aromatic N) is 2. The van der Waals surface area contributed by atoms with E-state index in [4.69, 9.17) is 5.26 Å². The molecule has 0 amide bonds. The lowest BCUT2D eigenvalue weighted by atomic mass is 10.1. The van der Waals surface area contributed by atoms with E-state index in [1.165, 1.54) is 10.4 Å². The van der Waals surface area contributed by atoms with E-state index in [9.17, 15) is 8.42 Å². The summed E-state index contributed by atoms with van der Waals surface area (Å²) in [6.45, 7) is 2.47. The Bertz CT molecular complexity index is 575. The summed E-state index contributed by atoms with van der Waals surface area (Å²) in [5.41, 5.74) is 0.218. The molecule has 4 nitrogen and oxygen atoms in total. The third-order valence-corrected chi connectivity index (χ3v) is 5.41. The van der Waals surface area contributed by atoms with Gasteiger partial charge in [-0.1, -0.05) is 18.6 Å². The minimum absolute atomic E-state index is 0.00972. The van der Waals surface area contributed by atoms with Crippen LogP contribution in [-0.4, -0.2) is 25.3 Å². The average molecular weight is 264 g/mol. The maximum atomic E-state index is 12.6. The standard InChI is InChI=1S/C13H16N2O2S/c1-11-6-4-5-9-15(11)18(16,17)13-8-3-2-7-12(13)10-14/h2-3,7-8,11H,4-6,9H2,1H3/t11-/m0/s1. The zero-order valence-corrected chi connectivity index (χ0v) is 11.2. The van der Waals surface area contributed by atoms with E-state index in [1.807, 2.05) is 13.0 Å². The fourth-order valence-corrected chi connectivity index (χ4v) is 4.18. The molecule has 0 unspecified atom stereocenters. The molecule has 18 heavy (non-hydrogen) atoms. The summed E-state index contributed by atoms with van der Waals surface area (Å²) < 4.78 is 26.6. The highest BCUT2D eigenvalue weighted by molar-refractivity contribution is 7.89. The normalized spacial score (nSPS) is 21.4. The summed E-state index contributed by atoms with van der Waals surface area (Å²) in [4.78, 5) is 0.126. The number of rotatable bonds is 2. The van der Waals surface area contributed by atoms with Crippen molar-refractivity contribution in [1.82, 2.24) is 4.31 Å². The molecule has 1 aromatic rings. The van der Waals surface area contributed by atoms with Crippen LogP contribution in [0.5, 0.6) is 0 Å². The molecule has 0 aliphatic carbocycles. The first-order valence-corrected chi connectivity index (χ1v) is 7.52. The van der Waals surface area contributed by atoms with Crippen LogP contribution in [0.1, 0.15) is 31.7 Å². The molecule has 0 spiro atoms. The molecule has 1 aromatic carbocycles. The quantitative estimate of drug-likeness (QED) is 0.822. The molecular formula is C13H16N2O2S. The Balaban J connectivity index is 2.45. The second-order valence-electron chi connectivity index (χ2n) is 4.57. The molecule has 5 heteroatoms. The summed E-state index contributed by atoms with van der Waals surface area (Å²) in [5.74, 6) is 0. The maximum absolute atomic E-state index is 12.6. The van der Waals surface area contributed by atoms with E-state index in [0.29, 0.717) is 6.54 Å². The van der Waals surface area contributed by atoms with Gasteiger partial charge in [0.15, 0.2) is 0 Å². The third-order valence-electron chi connectivity index (χ3n) is 3.34. The smallest absolute Gasteiger partial charge is 0.207 e. The Labute approximate surface area is 108 Å². The topological polar surface area (TPSA) is 61.2 Å². The largest absolute Gasteiger partial charge is 0.244 e. The molecule has 1 atom stereocenters. The number of piperidine rings is 1. The molecule has 2 rings (SSSR count). The highest BCUT2D eigenvalue weighted by Gasteiger charge is 2.32. The number of benzene rings is 1. The van der Waals surface area contributed by atoms with Crippen LogP contribution in [0.25, 0.3) is 0 Å². The van der Waals surface area contributed by atoms with Crippen molar-refractivity contribution in [3.05, 3.63) is 29.8 Å². The molecule has 1 saturated heterocycles. The van der Waals surface area contributed by atoms with Crippen LogP contribution in [0.3, 0.4) is 0 Å². The molecule has 1 heterocycles. The van der Waals surface area contributed by atoms with Crippen molar-refractivity contribution in [3.8, 4) is 6.07 Å². The Morgan fingerprint density at radius 3 is 2.72 bits per heavy atom. The Hall–Kier alpha value is -1.38. The van der Waals surface area contributed by atoms with Gasteiger partial charge < -0.3 is 0 Å². The monoisotopic (exact) mass is 264 g/mol. The lowest BCUT2D eigenvalue weighted by Gasteiger charge is -2.32. The predicted molar refractivity (Wildman–Crippen MR) is 68.4 cm³/mol. The highest BCUT2D eigenvalue weighted by Crippen LogP contribution is 2.26. The summed E-state index contributed by atoms with van der Waals surface area (Å²) in [5, 5.41) is 9.01. The number of nitriles is 1. The minimum atomic E-state index is -3.54. The van der Waals surface area contributed by atoms with Crippen LogP contribution >= 0.6 is 0 Å². The van der Waals surface area contributed by atoms with E-state index in [-0.39, 0.29) is 16.5 Å². The van der Waals surface area contributed by atoms with Gasteiger partial charge in [0.1, 0.15) is 6.07 Å². The molecule has 0 N–H and O–H groups in total. The van der Waals surface area contributed by atoms with Crippen molar-refractivity contribution in [2.24, 2.45) is 0 Å². The molecule has 1 aliphatic rings. The molecule has 0 saturated carbocycles. The van der Waals surface area contributed by atoms with Gasteiger partial charge in [-0.3, -0.25) is 0 Å². The van der Waals surface area contributed by atoms with Crippen molar-refractivity contribution >= 4 is 10.0 Å². The van der Waals surface area contributed by atoms with Gasteiger partial charge in [-0.25, -0.2) is 8.42 Å². The molecule has 0 bridgehead atoms. The van der Waals surface area contributed by atoms with Gasteiger partial charge in [0.2, 0.25) is 10.0 Å². The lowest BCUT2D eigenvalue weighted by molar-refractivity contribution is 0.268. The van der Waals surface area contributed by atoms with Crippen molar-refractivity contribution in [2.75, 3.05) is 6.54 Å². The zero-order chi connectivity index (χ0) is 13.2. The van der Waals surface area contributed by atoms with Gasteiger partial charge in [0, 0.05) is 12.6 Å². The first-order chi connectivity index (χ1) is 8.57. The fraction of sp³-hybridized carbons (Fsp3) is 0.462. The zero-order valence-electron chi connectivity index (χ0n) is 10.3. The van der Waals surface area contributed by atoms with E-state index in [1.54, 1.807) is 18.2 Å². The predicted octanol–water partition coefficient (Wildman–Crippen LogP) is 2.12. The summed E-state index contributed by atoms with van der Waals surface area (Å²) in [7, 11) is -3.54. The van der Waals surface area contributed by atoms with Gasteiger partial charge >= 0.3 is 0 Å². The van der Waals surface area contributed by atoms with Crippen molar-refractivity contribution < 1.29 is 8.42 Å². The summed E-state index contributed by atoms with van der Waals surface area (Å²) >= 11 is 0. The van der Waals surface area contributed by atoms with Gasteiger partial charge in [-0.05, 0) is 31.9 Å². The van der Waals surface area contributed by atoms with E-state index in [0.717, 1.165) is 19.3 Å². The second-order valence-corrected chi connectivity index (χ2v) is 6.43. The molecular weight excluding hydrogens is 248 g/mol. The van der Waals surface area contributed by atoms with Crippen LogP contribution in [-0.2, 0) is 10.0 Å².